The molecule has 0 spiro atoms. The standard InChI is InChI=1S/C20H27N3O5S3/c1-15-2-3-17(28-15)16(22-5-9-27-10-6-22)14-21-20(24)19-18(4-11-30-19)31(25,26)23-7-12-29-13-8-23/h2-4,11,16H,5-10,12-14H2,1H3,(H,21,24). The maximum absolute atomic E-state index is 13.1. The number of carbonyl (C=O) groups is 1. The van der Waals surface area contributed by atoms with Gasteiger partial charge in [-0.15, -0.1) is 11.3 Å². The quantitative estimate of drug-likeness (QED) is 0.643. The number of aryl methyl sites for hydroxylation is 1. The second-order valence-corrected chi connectivity index (χ2v) is 11.5. The van der Waals surface area contributed by atoms with Crippen LogP contribution in [0.3, 0.4) is 0 Å². The highest BCUT2D eigenvalue weighted by Crippen LogP contribution is 2.28. The Morgan fingerprint density at radius 2 is 1.90 bits per heavy atom. The van der Waals surface area contributed by atoms with E-state index in [-0.39, 0.29) is 21.7 Å². The van der Waals surface area contributed by atoms with Crippen LogP contribution in [0, 0.1) is 6.92 Å². The minimum absolute atomic E-state index is 0.0960. The lowest BCUT2D eigenvalue weighted by Gasteiger charge is -2.33. The van der Waals surface area contributed by atoms with E-state index in [1.54, 1.807) is 17.1 Å². The second kappa shape index (κ2) is 10.1. The van der Waals surface area contributed by atoms with E-state index in [1.165, 1.54) is 10.4 Å². The Kier molecular flexibility index (Phi) is 7.40. The lowest BCUT2D eigenvalue weighted by molar-refractivity contribution is 0.0117. The van der Waals surface area contributed by atoms with Gasteiger partial charge in [-0.25, -0.2) is 8.42 Å². The molecule has 4 rings (SSSR count). The van der Waals surface area contributed by atoms with Crippen LogP contribution < -0.4 is 5.32 Å². The van der Waals surface area contributed by atoms with E-state index in [1.807, 2.05) is 19.1 Å². The van der Waals surface area contributed by atoms with E-state index >= 15 is 0 Å². The monoisotopic (exact) mass is 485 g/mol. The topological polar surface area (TPSA) is 92.1 Å². The molecular weight excluding hydrogens is 458 g/mol. The molecule has 1 atom stereocenters. The Morgan fingerprint density at radius 1 is 1.16 bits per heavy atom. The van der Waals surface area contributed by atoms with Gasteiger partial charge in [-0.3, -0.25) is 9.69 Å². The summed E-state index contributed by atoms with van der Waals surface area (Å²) in [7, 11) is -3.68. The molecule has 8 nitrogen and oxygen atoms in total. The van der Waals surface area contributed by atoms with E-state index in [0.29, 0.717) is 32.8 Å². The molecular formula is C20H27N3O5S3. The highest BCUT2D eigenvalue weighted by Gasteiger charge is 2.32. The Bertz CT molecular complexity index is 991. The lowest BCUT2D eigenvalue weighted by atomic mass is 10.1. The van der Waals surface area contributed by atoms with Crippen LogP contribution in [0.4, 0.5) is 0 Å². The highest BCUT2D eigenvalue weighted by molar-refractivity contribution is 7.99. The van der Waals surface area contributed by atoms with Crippen LogP contribution in [0.2, 0.25) is 0 Å². The van der Waals surface area contributed by atoms with Crippen molar-refractivity contribution < 1.29 is 22.4 Å². The normalized spacial score (nSPS) is 19.9. The fourth-order valence-corrected chi connectivity index (χ4v) is 7.69. The molecule has 1 unspecified atom stereocenters. The van der Waals surface area contributed by atoms with Gasteiger partial charge < -0.3 is 14.5 Å². The zero-order valence-corrected chi connectivity index (χ0v) is 19.9. The summed E-state index contributed by atoms with van der Waals surface area (Å²) in [6, 6.07) is 5.23. The summed E-state index contributed by atoms with van der Waals surface area (Å²) in [5, 5.41) is 4.61. The molecule has 170 valence electrons. The van der Waals surface area contributed by atoms with Crippen molar-refractivity contribution in [2.24, 2.45) is 0 Å². The summed E-state index contributed by atoms with van der Waals surface area (Å²) in [6.07, 6.45) is 0. The maximum Gasteiger partial charge on any atom is 0.262 e. The van der Waals surface area contributed by atoms with Crippen LogP contribution in [0.1, 0.15) is 27.2 Å². The molecule has 0 bridgehead atoms. The van der Waals surface area contributed by atoms with E-state index in [9.17, 15) is 13.2 Å². The molecule has 2 aromatic rings. The van der Waals surface area contributed by atoms with Crippen molar-refractivity contribution in [3.63, 3.8) is 0 Å². The van der Waals surface area contributed by atoms with Crippen molar-refractivity contribution in [1.29, 1.82) is 0 Å². The molecule has 31 heavy (non-hydrogen) atoms. The third-order valence-corrected chi connectivity index (χ3v) is 9.38. The Hall–Kier alpha value is -1.37. The zero-order chi connectivity index (χ0) is 21.8. The maximum atomic E-state index is 13.1. The number of furan rings is 1. The molecule has 2 aliphatic heterocycles. The molecule has 11 heteroatoms. The fraction of sp³-hybridized carbons (Fsp3) is 0.550. The SMILES string of the molecule is Cc1ccc(C(CNC(=O)c2sccc2S(=O)(=O)N2CCSCC2)N2CCOCC2)o1. The number of thioether (sulfide) groups is 1. The summed E-state index contributed by atoms with van der Waals surface area (Å²) < 4.78 is 39.0. The number of hydrogen-bond acceptors (Lipinski definition) is 8. The molecule has 0 aromatic carbocycles. The molecule has 0 radical (unpaired) electrons. The van der Waals surface area contributed by atoms with Gasteiger partial charge >= 0.3 is 0 Å². The van der Waals surface area contributed by atoms with Gasteiger partial charge in [0.1, 0.15) is 21.3 Å². The molecule has 4 heterocycles. The molecule has 0 saturated carbocycles. The van der Waals surface area contributed by atoms with Crippen molar-refractivity contribution in [1.82, 2.24) is 14.5 Å². The minimum Gasteiger partial charge on any atom is -0.465 e. The number of nitrogens with zero attached hydrogens (tertiary/aromatic N) is 2. The van der Waals surface area contributed by atoms with E-state index in [4.69, 9.17) is 9.15 Å². The van der Waals surface area contributed by atoms with E-state index < -0.39 is 10.0 Å². The van der Waals surface area contributed by atoms with Gasteiger partial charge in [-0.05, 0) is 30.5 Å². The molecule has 2 saturated heterocycles. The molecule has 2 aromatic heterocycles. The van der Waals surface area contributed by atoms with Crippen molar-refractivity contribution >= 4 is 39.0 Å². The van der Waals surface area contributed by atoms with Gasteiger partial charge in [0.25, 0.3) is 5.91 Å². The third kappa shape index (κ3) is 5.18. The van der Waals surface area contributed by atoms with E-state index in [0.717, 1.165) is 47.5 Å². The van der Waals surface area contributed by atoms with Crippen LogP contribution in [-0.2, 0) is 14.8 Å². The molecule has 1 N–H and O–H groups in total. The summed E-state index contributed by atoms with van der Waals surface area (Å²) in [6.45, 7) is 5.90. The van der Waals surface area contributed by atoms with Gasteiger partial charge in [0, 0.05) is 44.2 Å². The number of sulfonamides is 1. The average molecular weight is 486 g/mol. The van der Waals surface area contributed by atoms with Crippen molar-refractivity contribution in [2.75, 3.05) is 57.4 Å². The van der Waals surface area contributed by atoms with E-state index in [2.05, 4.69) is 10.2 Å². The van der Waals surface area contributed by atoms with Crippen LogP contribution in [0.15, 0.2) is 32.9 Å². The Morgan fingerprint density at radius 3 is 2.58 bits per heavy atom. The first-order valence-electron chi connectivity index (χ1n) is 10.3. The Labute approximate surface area is 191 Å². The Balaban J connectivity index is 1.49. The minimum atomic E-state index is -3.68. The van der Waals surface area contributed by atoms with Crippen LogP contribution in [0.25, 0.3) is 0 Å². The van der Waals surface area contributed by atoms with Gasteiger partial charge in [0.15, 0.2) is 0 Å². The van der Waals surface area contributed by atoms with Crippen molar-refractivity contribution in [3.8, 4) is 0 Å². The van der Waals surface area contributed by atoms with Gasteiger partial charge in [0.05, 0.1) is 19.3 Å². The van der Waals surface area contributed by atoms with Crippen molar-refractivity contribution in [3.05, 3.63) is 40.0 Å². The summed E-state index contributed by atoms with van der Waals surface area (Å²) >= 11 is 2.90. The first-order valence-corrected chi connectivity index (χ1v) is 13.8. The van der Waals surface area contributed by atoms with Crippen LogP contribution in [-0.4, -0.2) is 81.0 Å². The lowest BCUT2D eigenvalue weighted by Crippen LogP contribution is -2.44. The predicted molar refractivity (Wildman–Crippen MR) is 121 cm³/mol. The predicted octanol–water partition coefficient (Wildman–Crippen LogP) is 2.19. The number of ether oxygens (including phenoxy) is 1. The third-order valence-electron chi connectivity index (χ3n) is 5.46. The zero-order valence-electron chi connectivity index (χ0n) is 17.4. The summed E-state index contributed by atoms with van der Waals surface area (Å²) in [5.74, 6) is 2.76. The summed E-state index contributed by atoms with van der Waals surface area (Å²) in [5.41, 5.74) is 0. The van der Waals surface area contributed by atoms with Gasteiger partial charge in [-0.2, -0.15) is 16.1 Å². The number of carbonyl (C=O) groups excluding carboxylic acids is 1. The molecule has 2 fully saturated rings. The smallest absolute Gasteiger partial charge is 0.262 e. The molecule has 1 amide bonds. The second-order valence-electron chi connectivity index (χ2n) is 7.45. The van der Waals surface area contributed by atoms with Gasteiger partial charge in [0.2, 0.25) is 10.0 Å². The number of nitrogens with one attached hydrogen (secondary N) is 1. The number of hydrogen-bond donors (Lipinski definition) is 1. The van der Waals surface area contributed by atoms with Crippen molar-refractivity contribution in [2.45, 2.75) is 17.9 Å². The summed E-state index contributed by atoms with van der Waals surface area (Å²) in [4.78, 5) is 15.6. The molecule has 2 aliphatic rings. The first kappa shape index (κ1) is 22.8. The number of morpholine rings is 1. The molecule has 0 aliphatic carbocycles. The number of rotatable bonds is 7. The van der Waals surface area contributed by atoms with Gasteiger partial charge in [-0.1, -0.05) is 0 Å². The largest absolute Gasteiger partial charge is 0.465 e. The first-order chi connectivity index (χ1) is 15.0. The fourth-order valence-electron chi connectivity index (χ4n) is 3.79. The van der Waals surface area contributed by atoms with Crippen LogP contribution in [0.5, 0.6) is 0 Å². The van der Waals surface area contributed by atoms with Crippen LogP contribution >= 0.6 is 23.1 Å². The average Bonchev–Trinajstić information content (AvgIpc) is 3.45. The number of thiophene rings is 1. The number of amides is 1. The highest BCUT2D eigenvalue weighted by atomic mass is 32.2.